The fourth-order valence-corrected chi connectivity index (χ4v) is 2.69. The van der Waals surface area contributed by atoms with Crippen molar-refractivity contribution in [3.05, 3.63) is 71.8 Å². The Hall–Kier alpha value is -2.94. The van der Waals surface area contributed by atoms with Gasteiger partial charge in [-0.15, -0.1) is 0 Å². The van der Waals surface area contributed by atoms with E-state index < -0.39 is 16.3 Å². The molecule has 0 N–H and O–H groups in total. The summed E-state index contributed by atoms with van der Waals surface area (Å²) in [5, 5.41) is 10.8. The van der Waals surface area contributed by atoms with Crippen LogP contribution in [0.3, 0.4) is 0 Å². The highest BCUT2D eigenvalue weighted by Gasteiger charge is 2.18. The van der Waals surface area contributed by atoms with Gasteiger partial charge in [0.25, 0.3) is 5.69 Å². The van der Waals surface area contributed by atoms with Crippen LogP contribution in [0.25, 0.3) is 5.78 Å². The molecule has 0 spiro atoms. The number of aromatic nitrogens is 4. The number of hydrogen-bond donors (Lipinski definition) is 0. The van der Waals surface area contributed by atoms with Crippen LogP contribution in [0.1, 0.15) is 11.3 Å². The highest BCUT2D eigenvalue weighted by molar-refractivity contribution is 6.30. The molecule has 0 saturated heterocycles. The summed E-state index contributed by atoms with van der Waals surface area (Å²) >= 11 is 6.14. The van der Waals surface area contributed by atoms with Crippen LogP contribution in [-0.2, 0) is 20.5 Å². The summed E-state index contributed by atoms with van der Waals surface area (Å²) in [7, 11) is 2.86. The molecule has 0 bridgehead atoms. The third-order valence-corrected chi connectivity index (χ3v) is 4.08. The summed E-state index contributed by atoms with van der Waals surface area (Å²) in [5.41, 5.74) is 0.0543. The second kappa shape index (κ2) is 5.60. The average Bonchev–Trinajstić information content (AvgIpc) is 2.88. The quantitative estimate of drug-likeness (QED) is 0.515. The van der Waals surface area contributed by atoms with Gasteiger partial charge in [0.1, 0.15) is 0 Å². The summed E-state index contributed by atoms with van der Waals surface area (Å²) in [5.74, 6) is 0.144. The number of hydrogen-bond acceptors (Lipinski definition) is 5. The van der Waals surface area contributed by atoms with Crippen LogP contribution >= 0.6 is 11.6 Å². The van der Waals surface area contributed by atoms with Crippen LogP contribution in [0.4, 0.5) is 5.69 Å². The molecule has 10 heteroatoms. The van der Waals surface area contributed by atoms with Gasteiger partial charge in [0.2, 0.25) is 5.78 Å². The highest BCUT2D eigenvalue weighted by Crippen LogP contribution is 2.20. The van der Waals surface area contributed by atoms with E-state index in [-0.39, 0.29) is 23.0 Å². The first-order valence-corrected chi connectivity index (χ1v) is 7.25. The van der Waals surface area contributed by atoms with Gasteiger partial charge in [0.05, 0.1) is 10.6 Å². The molecule has 24 heavy (non-hydrogen) atoms. The Morgan fingerprint density at radius 2 is 1.75 bits per heavy atom. The van der Waals surface area contributed by atoms with E-state index >= 15 is 0 Å². The molecule has 1 aromatic carbocycles. The van der Waals surface area contributed by atoms with Crippen molar-refractivity contribution in [1.82, 2.24) is 18.5 Å². The van der Waals surface area contributed by atoms with Crippen LogP contribution in [0.15, 0.2) is 33.9 Å². The van der Waals surface area contributed by atoms with Gasteiger partial charge in [-0.05, 0) is 5.56 Å². The lowest BCUT2D eigenvalue weighted by Gasteiger charge is -2.06. The molecule has 2 aromatic heterocycles. The first-order chi connectivity index (χ1) is 11.3. The molecular weight excluding hydrogens is 338 g/mol. The van der Waals surface area contributed by atoms with Gasteiger partial charge >= 0.3 is 11.4 Å². The van der Waals surface area contributed by atoms with E-state index in [9.17, 15) is 19.7 Å². The summed E-state index contributed by atoms with van der Waals surface area (Å²) < 4.78 is 3.46. The van der Waals surface area contributed by atoms with Gasteiger partial charge in [0, 0.05) is 32.6 Å². The Labute approximate surface area is 139 Å². The van der Waals surface area contributed by atoms with Gasteiger partial charge in [-0.2, -0.15) is 4.98 Å². The van der Waals surface area contributed by atoms with Crippen LogP contribution < -0.4 is 11.4 Å². The number of fused-ring (bicyclic) bond motifs is 1. The van der Waals surface area contributed by atoms with Crippen LogP contribution in [0, 0.1) is 10.1 Å². The Bertz CT molecular complexity index is 1080. The van der Waals surface area contributed by atoms with Gasteiger partial charge in [-0.25, -0.2) is 18.6 Å². The number of imidazole rings is 1. The van der Waals surface area contributed by atoms with Crippen molar-refractivity contribution in [2.24, 2.45) is 14.1 Å². The zero-order chi connectivity index (χ0) is 17.6. The molecule has 3 aromatic rings. The minimum absolute atomic E-state index is 0.0266. The van der Waals surface area contributed by atoms with Gasteiger partial charge in [-0.3, -0.25) is 14.7 Å². The Morgan fingerprint density at radius 3 is 2.33 bits per heavy atom. The molecule has 0 aliphatic rings. The highest BCUT2D eigenvalue weighted by atomic mass is 35.5. The van der Waals surface area contributed by atoms with Gasteiger partial charge in [0.15, 0.2) is 5.15 Å². The third kappa shape index (κ3) is 2.38. The fourth-order valence-electron chi connectivity index (χ4n) is 2.46. The molecule has 9 nitrogen and oxygen atoms in total. The number of halogens is 1. The molecule has 124 valence electrons. The first-order valence-electron chi connectivity index (χ1n) is 6.87. The third-order valence-electron chi connectivity index (χ3n) is 3.78. The van der Waals surface area contributed by atoms with Crippen molar-refractivity contribution in [3.63, 3.8) is 0 Å². The number of nitro benzene ring substituents is 1. The molecule has 0 fully saturated rings. The summed E-state index contributed by atoms with van der Waals surface area (Å²) in [6.07, 6.45) is 0.242. The molecular formula is C14H12ClN5O4. The van der Waals surface area contributed by atoms with Gasteiger partial charge < -0.3 is 0 Å². The topological polar surface area (TPSA) is 104 Å². The van der Waals surface area contributed by atoms with E-state index in [2.05, 4.69) is 4.98 Å². The molecule has 3 rings (SSSR count). The maximum absolute atomic E-state index is 12.4. The Balaban J connectivity index is 2.17. The lowest BCUT2D eigenvalue weighted by atomic mass is 10.1. The van der Waals surface area contributed by atoms with E-state index in [1.807, 2.05) is 0 Å². The van der Waals surface area contributed by atoms with Crippen molar-refractivity contribution >= 4 is 23.1 Å². The van der Waals surface area contributed by atoms with E-state index in [1.165, 1.54) is 35.2 Å². The average molecular weight is 350 g/mol. The van der Waals surface area contributed by atoms with Crippen LogP contribution in [0.2, 0.25) is 5.15 Å². The predicted molar refractivity (Wildman–Crippen MR) is 86.6 cm³/mol. The summed E-state index contributed by atoms with van der Waals surface area (Å²) in [6, 6.07) is 5.92. The maximum Gasteiger partial charge on any atom is 0.339 e. The number of aryl methyl sites for hydroxylation is 1. The van der Waals surface area contributed by atoms with Gasteiger partial charge in [-0.1, -0.05) is 23.7 Å². The van der Waals surface area contributed by atoms with E-state index in [1.54, 1.807) is 12.1 Å². The number of non-ortho nitro benzene ring substituents is 1. The molecule has 0 radical (unpaired) electrons. The molecule has 2 heterocycles. The zero-order valence-corrected chi connectivity index (χ0v) is 13.5. The molecule has 0 unspecified atom stereocenters. The first kappa shape index (κ1) is 15.9. The largest absolute Gasteiger partial charge is 0.339 e. The molecule has 0 amide bonds. The second-order valence-electron chi connectivity index (χ2n) is 5.27. The zero-order valence-electron chi connectivity index (χ0n) is 12.8. The Morgan fingerprint density at radius 1 is 1.12 bits per heavy atom. The van der Waals surface area contributed by atoms with Crippen LogP contribution in [0.5, 0.6) is 0 Å². The fraction of sp³-hybridized carbons (Fsp3) is 0.214. The van der Waals surface area contributed by atoms with E-state index in [0.29, 0.717) is 5.69 Å². The monoisotopic (exact) mass is 349 g/mol. The second-order valence-corrected chi connectivity index (χ2v) is 5.63. The smallest absolute Gasteiger partial charge is 0.266 e. The molecule has 0 saturated carbocycles. The lowest BCUT2D eigenvalue weighted by molar-refractivity contribution is -0.384. The lowest BCUT2D eigenvalue weighted by Crippen LogP contribution is -2.41. The number of benzene rings is 1. The van der Waals surface area contributed by atoms with Crippen molar-refractivity contribution in [3.8, 4) is 0 Å². The standard InChI is InChI=1S/C14H12ClN5O4/c1-17-12-16-11(15)10(19(12)14(22)18(2)13(17)21)7-8-3-5-9(6-4-8)20(23)24/h3-6H,7H2,1-2H3. The normalized spacial score (nSPS) is 11.1. The Kier molecular flexibility index (Phi) is 3.72. The van der Waals surface area contributed by atoms with E-state index in [4.69, 9.17) is 11.6 Å². The minimum atomic E-state index is -0.551. The van der Waals surface area contributed by atoms with E-state index in [0.717, 1.165) is 10.1 Å². The minimum Gasteiger partial charge on any atom is -0.266 e. The van der Waals surface area contributed by atoms with Crippen molar-refractivity contribution in [2.45, 2.75) is 6.42 Å². The SMILES string of the molecule is Cn1c(=O)n(C)c2nc(Cl)c(Cc3ccc([N+](=O)[O-])cc3)n2c1=O. The van der Waals surface area contributed by atoms with Crippen molar-refractivity contribution in [1.29, 1.82) is 0 Å². The molecule has 0 aliphatic carbocycles. The van der Waals surface area contributed by atoms with Crippen molar-refractivity contribution < 1.29 is 4.92 Å². The molecule has 0 atom stereocenters. The predicted octanol–water partition coefficient (Wildman–Crippen LogP) is 0.884. The summed E-state index contributed by atoms with van der Waals surface area (Å²) in [6.45, 7) is 0. The number of nitro groups is 1. The number of rotatable bonds is 3. The number of nitrogens with zero attached hydrogens (tertiary/aromatic N) is 5. The molecule has 0 aliphatic heterocycles. The van der Waals surface area contributed by atoms with Crippen LogP contribution in [-0.4, -0.2) is 23.4 Å². The maximum atomic E-state index is 12.4. The summed E-state index contributed by atoms with van der Waals surface area (Å²) in [4.78, 5) is 38.6. The van der Waals surface area contributed by atoms with Crippen molar-refractivity contribution in [2.75, 3.05) is 0 Å².